The van der Waals surface area contributed by atoms with E-state index in [9.17, 15) is 0 Å². The molecule has 1 aliphatic heterocycles. The molecule has 5 nitrogen and oxygen atoms in total. The fourth-order valence-corrected chi connectivity index (χ4v) is 2.85. The molecule has 1 aliphatic rings. The van der Waals surface area contributed by atoms with Crippen molar-refractivity contribution < 1.29 is 0 Å². The Bertz CT molecular complexity index is 638. The largest absolute Gasteiger partial charge is 0.367 e. The molecule has 0 N–H and O–H groups in total. The van der Waals surface area contributed by atoms with Crippen molar-refractivity contribution in [3.63, 3.8) is 0 Å². The molecular weight excluding hydrogens is 286 g/mol. The van der Waals surface area contributed by atoms with Gasteiger partial charge in [-0.2, -0.15) is 0 Å². The quantitative estimate of drug-likeness (QED) is 0.853. The van der Waals surface area contributed by atoms with E-state index in [4.69, 9.17) is 11.6 Å². The van der Waals surface area contributed by atoms with Crippen LogP contribution in [0.15, 0.2) is 24.7 Å². The predicted molar refractivity (Wildman–Crippen MR) is 85.2 cm³/mol. The summed E-state index contributed by atoms with van der Waals surface area (Å²) < 4.78 is 0. The van der Waals surface area contributed by atoms with Crippen LogP contribution >= 0.6 is 11.6 Å². The number of pyridine rings is 1. The van der Waals surface area contributed by atoms with Gasteiger partial charge in [-0.25, -0.2) is 4.98 Å². The normalized spacial score (nSPS) is 15.4. The minimum absolute atomic E-state index is 0.706. The molecule has 0 radical (unpaired) electrons. The molecule has 0 aromatic carbocycles. The lowest BCUT2D eigenvalue weighted by Crippen LogP contribution is -2.47. The molecule has 0 spiro atoms. The maximum atomic E-state index is 6.22. The number of hydrogen-bond donors (Lipinski definition) is 0. The van der Waals surface area contributed by atoms with E-state index < -0.39 is 0 Å². The van der Waals surface area contributed by atoms with Crippen LogP contribution in [0.4, 0.5) is 11.5 Å². The Balaban J connectivity index is 1.73. The number of hydrogen-bond acceptors (Lipinski definition) is 5. The molecular formula is C15H18ClN5. The van der Waals surface area contributed by atoms with Crippen LogP contribution in [-0.2, 0) is 0 Å². The summed E-state index contributed by atoms with van der Waals surface area (Å²) in [5, 5.41) is 0.706. The summed E-state index contributed by atoms with van der Waals surface area (Å²) in [4.78, 5) is 17.6. The lowest BCUT2D eigenvalue weighted by Gasteiger charge is -2.37. The molecule has 0 amide bonds. The van der Waals surface area contributed by atoms with E-state index in [2.05, 4.69) is 24.8 Å². The zero-order valence-corrected chi connectivity index (χ0v) is 13.0. The molecule has 110 valence electrons. The summed E-state index contributed by atoms with van der Waals surface area (Å²) in [6.07, 6.45) is 5.29. The molecule has 0 saturated carbocycles. The van der Waals surface area contributed by atoms with E-state index in [1.165, 1.54) is 0 Å². The fraction of sp³-hybridized carbons (Fsp3) is 0.400. The first-order valence-electron chi connectivity index (χ1n) is 7.05. The zero-order chi connectivity index (χ0) is 14.8. The average Bonchev–Trinajstić information content (AvgIpc) is 2.50. The Kier molecular flexibility index (Phi) is 3.92. The summed E-state index contributed by atoms with van der Waals surface area (Å²) in [5.74, 6) is 0.996. The van der Waals surface area contributed by atoms with Gasteiger partial charge in [-0.15, -0.1) is 0 Å². The maximum absolute atomic E-state index is 6.22. The van der Waals surface area contributed by atoms with Gasteiger partial charge in [-0.3, -0.25) is 9.97 Å². The highest BCUT2D eigenvalue weighted by Crippen LogP contribution is 2.26. The molecule has 21 heavy (non-hydrogen) atoms. The van der Waals surface area contributed by atoms with Crippen molar-refractivity contribution in [2.24, 2.45) is 0 Å². The first-order valence-corrected chi connectivity index (χ1v) is 7.42. The Morgan fingerprint density at radius 3 is 2.48 bits per heavy atom. The van der Waals surface area contributed by atoms with Crippen molar-refractivity contribution in [3.8, 4) is 0 Å². The van der Waals surface area contributed by atoms with E-state index >= 15 is 0 Å². The third-order valence-electron chi connectivity index (χ3n) is 3.72. The molecule has 0 unspecified atom stereocenters. The van der Waals surface area contributed by atoms with E-state index in [0.29, 0.717) is 5.02 Å². The molecule has 0 aliphatic carbocycles. The standard InChI is InChI=1S/C15H18ClN5/c1-11-9-18-12(2)15(19-11)21-7-5-20(6-8-21)14-3-4-17-10-13(14)16/h3-4,9-10H,5-8H2,1-2H3. The van der Waals surface area contributed by atoms with Crippen molar-refractivity contribution in [1.29, 1.82) is 0 Å². The van der Waals surface area contributed by atoms with Gasteiger partial charge in [-0.1, -0.05) is 11.6 Å². The Labute approximate surface area is 129 Å². The molecule has 2 aromatic heterocycles. The van der Waals surface area contributed by atoms with Gasteiger partial charge in [0.2, 0.25) is 0 Å². The van der Waals surface area contributed by atoms with Crippen molar-refractivity contribution in [2.45, 2.75) is 13.8 Å². The fourth-order valence-electron chi connectivity index (χ4n) is 2.61. The van der Waals surface area contributed by atoms with Crippen LogP contribution in [0.3, 0.4) is 0 Å². The summed E-state index contributed by atoms with van der Waals surface area (Å²) in [6, 6.07) is 1.97. The topological polar surface area (TPSA) is 45.2 Å². The highest BCUT2D eigenvalue weighted by atomic mass is 35.5. The number of piperazine rings is 1. The molecule has 0 atom stereocenters. The van der Waals surface area contributed by atoms with Gasteiger partial charge in [0.1, 0.15) is 5.82 Å². The number of rotatable bonds is 2. The number of anilines is 2. The van der Waals surface area contributed by atoms with Gasteiger partial charge < -0.3 is 9.80 Å². The minimum Gasteiger partial charge on any atom is -0.367 e. The van der Waals surface area contributed by atoms with Gasteiger partial charge in [0, 0.05) is 44.8 Å². The molecule has 2 aromatic rings. The molecule has 0 bridgehead atoms. The Hall–Kier alpha value is -1.88. The molecule has 3 heterocycles. The van der Waals surface area contributed by atoms with Gasteiger partial charge in [-0.05, 0) is 19.9 Å². The second-order valence-corrected chi connectivity index (χ2v) is 5.63. The lowest BCUT2D eigenvalue weighted by molar-refractivity contribution is 0.643. The number of aromatic nitrogens is 3. The van der Waals surface area contributed by atoms with Crippen molar-refractivity contribution in [1.82, 2.24) is 15.0 Å². The summed E-state index contributed by atoms with van der Waals surface area (Å²) in [7, 11) is 0. The average molecular weight is 304 g/mol. The van der Waals surface area contributed by atoms with Crippen LogP contribution < -0.4 is 9.80 Å². The highest BCUT2D eigenvalue weighted by molar-refractivity contribution is 6.33. The minimum atomic E-state index is 0.706. The lowest BCUT2D eigenvalue weighted by atomic mass is 10.2. The van der Waals surface area contributed by atoms with E-state index in [0.717, 1.165) is 49.1 Å². The first kappa shape index (κ1) is 14.1. The van der Waals surface area contributed by atoms with Crippen LogP contribution in [0.25, 0.3) is 0 Å². The van der Waals surface area contributed by atoms with E-state index in [1.54, 1.807) is 12.4 Å². The van der Waals surface area contributed by atoms with Crippen LogP contribution in [0.2, 0.25) is 5.02 Å². The number of aryl methyl sites for hydroxylation is 2. The summed E-state index contributed by atoms with van der Waals surface area (Å²) in [6.45, 7) is 7.64. The van der Waals surface area contributed by atoms with Crippen molar-refractivity contribution in [2.75, 3.05) is 36.0 Å². The van der Waals surface area contributed by atoms with Crippen molar-refractivity contribution in [3.05, 3.63) is 41.1 Å². The van der Waals surface area contributed by atoms with Crippen molar-refractivity contribution >= 4 is 23.1 Å². The number of nitrogens with zero attached hydrogens (tertiary/aromatic N) is 5. The second-order valence-electron chi connectivity index (χ2n) is 5.22. The van der Waals surface area contributed by atoms with Crippen LogP contribution in [0.5, 0.6) is 0 Å². The molecule has 6 heteroatoms. The SMILES string of the molecule is Cc1cnc(C)c(N2CCN(c3ccncc3Cl)CC2)n1. The zero-order valence-electron chi connectivity index (χ0n) is 12.3. The third kappa shape index (κ3) is 2.93. The third-order valence-corrected chi connectivity index (χ3v) is 4.01. The second kappa shape index (κ2) is 5.85. The summed E-state index contributed by atoms with van der Waals surface area (Å²) >= 11 is 6.22. The Morgan fingerprint density at radius 1 is 1.05 bits per heavy atom. The van der Waals surface area contributed by atoms with Gasteiger partial charge >= 0.3 is 0 Å². The monoisotopic (exact) mass is 303 g/mol. The Morgan fingerprint density at radius 2 is 1.76 bits per heavy atom. The molecule has 1 fully saturated rings. The summed E-state index contributed by atoms with van der Waals surface area (Å²) in [5.41, 5.74) is 2.99. The molecule has 3 rings (SSSR count). The van der Waals surface area contributed by atoms with Crippen LogP contribution in [0, 0.1) is 13.8 Å². The van der Waals surface area contributed by atoms with Crippen LogP contribution in [-0.4, -0.2) is 41.1 Å². The number of halogens is 1. The predicted octanol–water partition coefficient (Wildman–Crippen LogP) is 2.47. The maximum Gasteiger partial charge on any atom is 0.150 e. The van der Waals surface area contributed by atoms with E-state index in [-0.39, 0.29) is 0 Å². The van der Waals surface area contributed by atoms with Gasteiger partial charge in [0.15, 0.2) is 0 Å². The molecule has 1 saturated heterocycles. The van der Waals surface area contributed by atoms with Gasteiger partial charge in [0.05, 0.1) is 22.1 Å². The highest BCUT2D eigenvalue weighted by Gasteiger charge is 2.21. The van der Waals surface area contributed by atoms with E-state index in [1.807, 2.05) is 26.1 Å². The first-order chi connectivity index (χ1) is 10.1. The smallest absolute Gasteiger partial charge is 0.150 e. The van der Waals surface area contributed by atoms with Crippen LogP contribution in [0.1, 0.15) is 11.4 Å². The van der Waals surface area contributed by atoms with Gasteiger partial charge in [0.25, 0.3) is 0 Å².